The van der Waals surface area contributed by atoms with Crippen LogP contribution in [0.3, 0.4) is 0 Å². The maximum atomic E-state index is 13.3. The first-order valence-electron chi connectivity index (χ1n) is 7.78. The Morgan fingerprint density at radius 2 is 2.08 bits per heavy atom. The van der Waals surface area contributed by atoms with Crippen LogP contribution in [-0.2, 0) is 10.0 Å². The molecule has 0 saturated carbocycles. The van der Waals surface area contributed by atoms with Crippen molar-refractivity contribution in [3.63, 3.8) is 0 Å². The average molecular weight is 386 g/mol. The van der Waals surface area contributed by atoms with Crippen LogP contribution in [-0.4, -0.2) is 42.1 Å². The lowest BCUT2D eigenvalue weighted by atomic mass is 10.1. The standard InChI is InChI=1S/C16H17ClFN3O3S/c1-11-4-7-16(20-19-11)24-12-3-2-8-21(10-12)25(22,23)13-5-6-15(18)14(17)9-13/h4-7,9,12H,2-3,8,10H2,1H3. The molecule has 1 atom stereocenters. The van der Waals surface area contributed by atoms with Gasteiger partial charge in [-0.3, -0.25) is 0 Å². The fourth-order valence-electron chi connectivity index (χ4n) is 2.63. The molecule has 134 valence electrons. The first-order chi connectivity index (χ1) is 11.9. The lowest BCUT2D eigenvalue weighted by Gasteiger charge is -2.31. The lowest BCUT2D eigenvalue weighted by molar-refractivity contribution is 0.123. The van der Waals surface area contributed by atoms with E-state index in [4.69, 9.17) is 16.3 Å². The minimum absolute atomic E-state index is 0.0327. The van der Waals surface area contributed by atoms with Crippen LogP contribution in [0.5, 0.6) is 5.88 Å². The molecule has 0 N–H and O–H groups in total. The zero-order valence-electron chi connectivity index (χ0n) is 13.5. The van der Waals surface area contributed by atoms with Crippen molar-refractivity contribution >= 4 is 21.6 Å². The topological polar surface area (TPSA) is 72.4 Å². The van der Waals surface area contributed by atoms with E-state index in [0.29, 0.717) is 25.3 Å². The number of aromatic nitrogens is 2. The number of hydrogen-bond acceptors (Lipinski definition) is 5. The zero-order chi connectivity index (χ0) is 18.0. The number of sulfonamides is 1. The van der Waals surface area contributed by atoms with Crippen molar-refractivity contribution < 1.29 is 17.5 Å². The fraction of sp³-hybridized carbons (Fsp3) is 0.375. The van der Waals surface area contributed by atoms with Gasteiger partial charge < -0.3 is 4.74 Å². The second-order valence-corrected chi connectivity index (χ2v) is 8.18. The average Bonchev–Trinajstić information content (AvgIpc) is 2.59. The summed E-state index contributed by atoms with van der Waals surface area (Å²) < 4.78 is 45.9. The summed E-state index contributed by atoms with van der Waals surface area (Å²) in [6.45, 7) is 2.38. The van der Waals surface area contributed by atoms with Crippen molar-refractivity contribution in [2.75, 3.05) is 13.1 Å². The molecule has 1 fully saturated rings. The Labute approximate surface area is 150 Å². The van der Waals surface area contributed by atoms with Crippen LogP contribution in [0.15, 0.2) is 35.2 Å². The molecule has 2 aromatic rings. The van der Waals surface area contributed by atoms with Crippen LogP contribution in [0.1, 0.15) is 18.5 Å². The zero-order valence-corrected chi connectivity index (χ0v) is 15.1. The van der Waals surface area contributed by atoms with E-state index in [1.54, 1.807) is 12.1 Å². The van der Waals surface area contributed by atoms with Crippen LogP contribution >= 0.6 is 11.6 Å². The summed E-state index contributed by atoms with van der Waals surface area (Å²) in [4.78, 5) is -0.0327. The first-order valence-corrected chi connectivity index (χ1v) is 9.60. The molecular formula is C16H17ClFN3O3S. The van der Waals surface area contributed by atoms with Crippen LogP contribution in [0.25, 0.3) is 0 Å². The summed E-state index contributed by atoms with van der Waals surface area (Å²) in [6.07, 6.45) is 1.04. The minimum atomic E-state index is -3.77. The molecule has 3 rings (SSSR count). The van der Waals surface area contributed by atoms with Gasteiger partial charge in [0.1, 0.15) is 11.9 Å². The van der Waals surface area contributed by atoms with Crippen LogP contribution < -0.4 is 4.74 Å². The third-order valence-electron chi connectivity index (χ3n) is 3.93. The smallest absolute Gasteiger partial charge is 0.243 e. The molecule has 0 spiro atoms. The van der Waals surface area contributed by atoms with E-state index in [1.165, 1.54) is 10.4 Å². The van der Waals surface area contributed by atoms with Crippen molar-refractivity contribution in [2.24, 2.45) is 0 Å². The van der Waals surface area contributed by atoms with Crippen LogP contribution in [0.2, 0.25) is 5.02 Å². The van der Waals surface area contributed by atoms with Crippen LogP contribution in [0.4, 0.5) is 4.39 Å². The molecule has 1 aliphatic rings. The molecule has 2 heterocycles. The number of piperidine rings is 1. The Kier molecular flexibility index (Phi) is 5.21. The summed E-state index contributed by atoms with van der Waals surface area (Å²) in [6, 6.07) is 6.87. The van der Waals surface area contributed by atoms with Gasteiger partial charge in [-0.25, -0.2) is 12.8 Å². The summed E-state index contributed by atoms with van der Waals surface area (Å²) in [5.41, 5.74) is 0.772. The summed E-state index contributed by atoms with van der Waals surface area (Å²) in [7, 11) is -3.77. The molecule has 0 bridgehead atoms. The number of nitrogens with zero attached hydrogens (tertiary/aromatic N) is 3. The fourth-order valence-corrected chi connectivity index (χ4v) is 4.41. The molecule has 1 saturated heterocycles. The largest absolute Gasteiger partial charge is 0.472 e. The molecule has 1 aliphatic heterocycles. The number of halogens is 2. The van der Waals surface area contributed by atoms with Gasteiger partial charge >= 0.3 is 0 Å². The van der Waals surface area contributed by atoms with E-state index in [2.05, 4.69) is 10.2 Å². The van der Waals surface area contributed by atoms with Crippen molar-refractivity contribution in [3.8, 4) is 5.88 Å². The Hall–Kier alpha value is -1.77. The normalized spacial score (nSPS) is 18.9. The van der Waals surface area contributed by atoms with E-state index >= 15 is 0 Å². The van der Waals surface area contributed by atoms with Gasteiger partial charge in [-0.15, -0.1) is 5.10 Å². The van der Waals surface area contributed by atoms with E-state index < -0.39 is 15.8 Å². The molecule has 25 heavy (non-hydrogen) atoms. The molecule has 0 aliphatic carbocycles. The van der Waals surface area contributed by atoms with Crippen molar-refractivity contribution in [1.29, 1.82) is 0 Å². The highest BCUT2D eigenvalue weighted by Crippen LogP contribution is 2.25. The highest BCUT2D eigenvalue weighted by atomic mass is 35.5. The van der Waals surface area contributed by atoms with Gasteiger partial charge in [-0.2, -0.15) is 9.40 Å². The first kappa shape index (κ1) is 18.0. The number of benzene rings is 1. The summed E-state index contributed by atoms with van der Waals surface area (Å²) in [5, 5.41) is 7.64. The van der Waals surface area contributed by atoms with Crippen molar-refractivity contribution in [1.82, 2.24) is 14.5 Å². The molecule has 0 amide bonds. The molecule has 6 nitrogen and oxygen atoms in total. The lowest BCUT2D eigenvalue weighted by Crippen LogP contribution is -2.44. The quantitative estimate of drug-likeness (QED) is 0.809. The predicted octanol–water partition coefficient (Wildman–Crippen LogP) is 2.81. The van der Waals surface area contributed by atoms with Crippen molar-refractivity contribution in [3.05, 3.63) is 46.9 Å². The number of hydrogen-bond donors (Lipinski definition) is 0. The number of aryl methyl sites for hydroxylation is 1. The molecule has 1 aromatic heterocycles. The molecule has 1 aromatic carbocycles. The molecular weight excluding hydrogens is 369 g/mol. The second-order valence-electron chi connectivity index (χ2n) is 5.83. The summed E-state index contributed by atoms with van der Waals surface area (Å²) >= 11 is 5.71. The van der Waals surface area contributed by atoms with E-state index in [1.807, 2.05) is 6.92 Å². The van der Waals surface area contributed by atoms with E-state index in [0.717, 1.165) is 17.8 Å². The van der Waals surface area contributed by atoms with Gasteiger partial charge in [0, 0.05) is 12.6 Å². The van der Waals surface area contributed by atoms with Gasteiger partial charge in [0.15, 0.2) is 0 Å². The Morgan fingerprint density at radius 3 is 2.76 bits per heavy atom. The number of ether oxygens (including phenoxy) is 1. The third kappa shape index (κ3) is 4.08. The molecule has 1 unspecified atom stereocenters. The maximum absolute atomic E-state index is 13.3. The number of rotatable bonds is 4. The second kappa shape index (κ2) is 7.23. The minimum Gasteiger partial charge on any atom is -0.472 e. The molecule has 9 heteroatoms. The highest BCUT2D eigenvalue weighted by Gasteiger charge is 2.31. The highest BCUT2D eigenvalue weighted by molar-refractivity contribution is 7.89. The van der Waals surface area contributed by atoms with Gasteiger partial charge in [0.05, 0.1) is 22.2 Å². The SMILES string of the molecule is Cc1ccc(OC2CCCN(S(=O)(=O)c3ccc(F)c(Cl)c3)C2)nn1. The maximum Gasteiger partial charge on any atom is 0.243 e. The van der Waals surface area contributed by atoms with E-state index in [9.17, 15) is 12.8 Å². The van der Waals surface area contributed by atoms with Gasteiger partial charge in [-0.05, 0) is 44.0 Å². The van der Waals surface area contributed by atoms with Crippen LogP contribution in [0, 0.1) is 12.7 Å². The summed E-state index contributed by atoms with van der Waals surface area (Å²) in [5.74, 6) is -0.293. The van der Waals surface area contributed by atoms with Gasteiger partial charge in [0.2, 0.25) is 15.9 Å². The Bertz CT molecular complexity index is 861. The van der Waals surface area contributed by atoms with Gasteiger partial charge in [-0.1, -0.05) is 11.6 Å². The monoisotopic (exact) mass is 385 g/mol. The Morgan fingerprint density at radius 1 is 1.28 bits per heavy atom. The Balaban J connectivity index is 1.75. The third-order valence-corrected chi connectivity index (χ3v) is 6.08. The predicted molar refractivity (Wildman–Crippen MR) is 90.6 cm³/mol. The van der Waals surface area contributed by atoms with E-state index in [-0.39, 0.29) is 22.6 Å². The van der Waals surface area contributed by atoms with Crippen molar-refractivity contribution in [2.45, 2.75) is 30.8 Å². The van der Waals surface area contributed by atoms with Gasteiger partial charge in [0.25, 0.3) is 0 Å². The molecule has 0 radical (unpaired) electrons.